The van der Waals surface area contributed by atoms with Crippen LogP contribution in [0.4, 0.5) is 4.39 Å². The highest BCUT2D eigenvalue weighted by Crippen LogP contribution is 2.06. The van der Waals surface area contributed by atoms with Crippen molar-refractivity contribution < 1.29 is 14.0 Å². The third-order valence-corrected chi connectivity index (χ3v) is 1.45. The molecule has 0 aliphatic heterocycles. The maximum atomic E-state index is 12.8. The number of carbonyl (C=O) groups excluding carboxylic acids is 2. The van der Waals surface area contributed by atoms with Crippen molar-refractivity contribution in [3.8, 4) is 0 Å². The number of aromatic nitrogens is 1. The summed E-state index contributed by atoms with van der Waals surface area (Å²) >= 11 is 0. The average molecular weight is 194 g/mol. The first-order valence-corrected chi connectivity index (χ1v) is 3.71. The number of pyridine rings is 1. The lowest BCUT2D eigenvalue weighted by molar-refractivity contribution is -0.113. The van der Waals surface area contributed by atoms with E-state index in [0.29, 0.717) is 12.0 Å². The average Bonchev–Trinajstić information content (AvgIpc) is 2.16. The van der Waals surface area contributed by atoms with Gasteiger partial charge in [0.2, 0.25) is 5.91 Å². The molecule has 0 bridgehead atoms. The van der Waals surface area contributed by atoms with E-state index in [1.807, 2.05) is 0 Å². The van der Waals surface area contributed by atoms with Gasteiger partial charge in [0.1, 0.15) is 0 Å². The fourth-order valence-corrected chi connectivity index (χ4v) is 0.820. The van der Waals surface area contributed by atoms with Crippen molar-refractivity contribution in [3.05, 3.63) is 35.4 Å². The Bertz CT molecular complexity index is 402. The molecule has 0 fully saturated rings. The summed E-state index contributed by atoms with van der Waals surface area (Å²) in [5, 5.41) is 0. The fourth-order valence-electron chi connectivity index (χ4n) is 0.820. The Kier molecular flexibility index (Phi) is 3.06. The van der Waals surface area contributed by atoms with Crippen molar-refractivity contribution in [3.63, 3.8) is 0 Å². The van der Waals surface area contributed by atoms with Gasteiger partial charge in [0.05, 0.1) is 17.5 Å². The summed E-state index contributed by atoms with van der Waals surface area (Å²) in [6, 6.07) is 1.22. The summed E-state index contributed by atoms with van der Waals surface area (Å²) < 4.78 is 12.8. The Balaban J connectivity index is 3.01. The number of nitrogens with two attached hydrogens (primary N) is 1. The van der Waals surface area contributed by atoms with Gasteiger partial charge in [0, 0.05) is 6.08 Å². The second kappa shape index (κ2) is 4.27. The molecule has 72 valence electrons. The van der Waals surface area contributed by atoms with Crippen LogP contribution >= 0.6 is 0 Å². The quantitative estimate of drug-likeness (QED) is 0.563. The number of nitrogens with zero attached hydrogens (tertiary/aromatic N) is 1. The molecule has 0 radical (unpaired) electrons. The largest absolute Gasteiger partial charge is 0.366 e. The van der Waals surface area contributed by atoms with Crippen LogP contribution in [0.2, 0.25) is 0 Å². The minimum absolute atomic E-state index is 0.107. The van der Waals surface area contributed by atoms with E-state index in [1.165, 1.54) is 12.1 Å². The Hall–Kier alpha value is -2.04. The molecule has 1 heterocycles. The summed E-state index contributed by atoms with van der Waals surface area (Å²) in [6.45, 7) is 0. The Morgan fingerprint density at radius 2 is 2.29 bits per heavy atom. The van der Waals surface area contributed by atoms with E-state index in [2.05, 4.69) is 4.98 Å². The molecule has 1 rings (SSSR count). The molecule has 0 saturated carbocycles. The van der Waals surface area contributed by atoms with Crippen molar-refractivity contribution in [1.29, 1.82) is 0 Å². The van der Waals surface area contributed by atoms with Crippen molar-refractivity contribution in [2.24, 2.45) is 5.73 Å². The van der Waals surface area contributed by atoms with Gasteiger partial charge >= 0.3 is 0 Å². The molecule has 0 saturated heterocycles. The molecule has 1 amide bonds. The zero-order valence-corrected chi connectivity index (χ0v) is 7.11. The summed E-state index contributed by atoms with van der Waals surface area (Å²) in [5.41, 5.74) is 5.03. The number of carbonyl (C=O) groups is 2. The van der Waals surface area contributed by atoms with Gasteiger partial charge in [-0.1, -0.05) is 0 Å². The SMILES string of the molecule is NC(=O)C=Cc1cc(C=O)c(F)cn1. The lowest BCUT2D eigenvalue weighted by atomic mass is 10.2. The van der Waals surface area contributed by atoms with Gasteiger partial charge in [0.15, 0.2) is 12.1 Å². The van der Waals surface area contributed by atoms with Crippen LogP contribution in [0.1, 0.15) is 16.1 Å². The molecule has 0 atom stereocenters. The number of aldehydes is 1. The van der Waals surface area contributed by atoms with Gasteiger partial charge in [-0.15, -0.1) is 0 Å². The van der Waals surface area contributed by atoms with E-state index in [4.69, 9.17) is 5.73 Å². The molecule has 1 aromatic rings. The van der Waals surface area contributed by atoms with Crippen molar-refractivity contribution in [1.82, 2.24) is 4.98 Å². The molecule has 0 spiro atoms. The molecule has 4 nitrogen and oxygen atoms in total. The van der Waals surface area contributed by atoms with Crippen LogP contribution in [0.25, 0.3) is 6.08 Å². The van der Waals surface area contributed by atoms with Gasteiger partial charge in [-0.25, -0.2) is 4.39 Å². The highest BCUT2D eigenvalue weighted by Gasteiger charge is 2.01. The highest BCUT2D eigenvalue weighted by molar-refractivity contribution is 5.90. The smallest absolute Gasteiger partial charge is 0.241 e. The second-order valence-corrected chi connectivity index (χ2v) is 2.48. The third kappa shape index (κ3) is 2.48. The topological polar surface area (TPSA) is 73.1 Å². The van der Waals surface area contributed by atoms with Gasteiger partial charge < -0.3 is 5.73 Å². The first kappa shape index (κ1) is 10.0. The lowest BCUT2D eigenvalue weighted by Crippen LogP contribution is -2.05. The van der Waals surface area contributed by atoms with E-state index < -0.39 is 11.7 Å². The maximum absolute atomic E-state index is 12.8. The molecule has 0 unspecified atom stereocenters. The van der Waals surface area contributed by atoms with Crippen LogP contribution in [0, 0.1) is 5.82 Å². The van der Waals surface area contributed by atoms with Gasteiger partial charge in [-0.3, -0.25) is 14.6 Å². The monoisotopic (exact) mass is 194 g/mol. The molecule has 1 aromatic heterocycles. The third-order valence-electron chi connectivity index (χ3n) is 1.45. The van der Waals surface area contributed by atoms with E-state index in [9.17, 15) is 14.0 Å². The lowest BCUT2D eigenvalue weighted by Gasteiger charge is -1.95. The highest BCUT2D eigenvalue weighted by atomic mass is 19.1. The molecular formula is C9H7FN2O2. The maximum Gasteiger partial charge on any atom is 0.241 e. The minimum Gasteiger partial charge on any atom is -0.366 e. The first-order valence-electron chi connectivity index (χ1n) is 3.71. The number of hydrogen-bond acceptors (Lipinski definition) is 3. The molecule has 14 heavy (non-hydrogen) atoms. The summed E-state index contributed by atoms with van der Waals surface area (Å²) in [6.07, 6.45) is 3.66. The van der Waals surface area contributed by atoms with Crippen LogP contribution in [-0.2, 0) is 4.79 Å². The summed E-state index contributed by atoms with van der Waals surface area (Å²) in [7, 11) is 0. The van der Waals surface area contributed by atoms with Crippen LogP contribution in [0.15, 0.2) is 18.3 Å². The molecule has 2 N–H and O–H groups in total. The fraction of sp³-hybridized carbons (Fsp3) is 0. The molecule has 0 aromatic carbocycles. The minimum atomic E-state index is -0.698. The van der Waals surface area contributed by atoms with E-state index in [0.717, 1.165) is 12.3 Å². The molecule has 0 aliphatic carbocycles. The Morgan fingerprint density at radius 3 is 2.86 bits per heavy atom. The summed E-state index contributed by atoms with van der Waals surface area (Å²) in [5.74, 6) is -1.33. The van der Waals surface area contributed by atoms with E-state index in [-0.39, 0.29) is 5.56 Å². The number of hydrogen-bond donors (Lipinski definition) is 1. The summed E-state index contributed by atoms with van der Waals surface area (Å²) in [4.78, 5) is 24.3. The zero-order chi connectivity index (χ0) is 10.6. The first-order chi connectivity index (χ1) is 6.63. The van der Waals surface area contributed by atoms with Crippen molar-refractivity contribution in [2.45, 2.75) is 0 Å². The van der Waals surface area contributed by atoms with Crippen LogP contribution in [-0.4, -0.2) is 17.2 Å². The van der Waals surface area contributed by atoms with E-state index in [1.54, 1.807) is 0 Å². The van der Waals surface area contributed by atoms with E-state index >= 15 is 0 Å². The molecule has 0 aliphatic rings. The number of amides is 1. The zero-order valence-electron chi connectivity index (χ0n) is 7.11. The number of rotatable bonds is 3. The predicted octanol–water partition coefficient (Wildman–Crippen LogP) is 0.532. The van der Waals surface area contributed by atoms with Gasteiger partial charge in [-0.2, -0.15) is 0 Å². The Labute approximate surface area is 79.2 Å². The van der Waals surface area contributed by atoms with Crippen molar-refractivity contribution in [2.75, 3.05) is 0 Å². The van der Waals surface area contributed by atoms with Gasteiger partial charge in [-0.05, 0) is 12.1 Å². The molecule has 5 heteroatoms. The standard InChI is InChI=1S/C9H7FN2O2/c10-8-4-12-7(1-2-9(11)14)3-6(8)5-13/h1-5H,(H2,11,14). The normalized spacial score (nSPS) is 10.4. The molecular weight excluding hydrogens is 187 g/mol. The van der Waals surface area contributed by atoms with Crippen LogP contribution < -0.4 is 5.73 Å². The van der Waals surface area contributed by atoms with Crippen LogP contribution in [0.3, 0.4) is 0 Å². The van der Waals surface area contributed by atoms with Crippen molar-refractivity contribution >= 4 is 18.3 Å². The second-order valence-electron chi connectivity index (χ2n) is 2.48. The predicted molar refractivity (Wildman–Crippen MR) is 47.8 cm³/mol. The number of halogens is 1. The van der Waals surface area contributed by atoms with Crippen LogP contribution in [0.5, 0.6) is 0 Å². The number of primary amides is 1. The van der Waals surface area contributed by atoms with Gasteiger partial charge in [0.25, 0.3) is 0 Å². The Morgan fingerprint density at radius 1 is 1.57 bits per heavy atom.